The second kappa shape index (κ2) is 10.8. The first-order chi connectivity index (χ1) is 10.5. The number of carbonyl (C=O) groups excluding carboxylic acids is 2. The largest absolute Gasteiger partial charge is 0.379 e. The molecule has 136 valence electrons. The zero-order valence-electron chi connectivity index (χ0n) is 15.8. The van der Waals surface area contributed by atoms with E-state index < -0.39 is 5.41 Å². The fourth-order valence-electron chi connectivity index (χ4n) is 1.76. The number of Topliss-reactive ketones (excluding diaryl/α,β-unsaturated/α-hetero) is 1. The molecule has 0 aliphatic heterocycles. The summed E-state index contributed by atoms with van der Waals surface area (Å²) in [4.78, 5) is 23.3. The molecule has 5 nitrogen and oxygen atoms in total. The van der Waals surface area contributed by atoms with Crippen LogP contribution in [0.2, 0.25) is 0 Å². The van der Waals surface area contributed by atoms with Gasteiger partial charge in [0.15, 0.2) is 0 Å². The molecule has 0 aliphatic rings. The Kier molecular flexibility index (Phi) is 10.3. The van der Waals surface area contributed by atoms with Crippen LogP contribution in [-0.4, -0.2) is 44.7 Å². The topological polar surface area (TPSA) is 64.6 Å². The van der Waals surface area contributed by atoms with Crippen molar-refractivity contribution in [3.63, 3.8) is 0 Å². The van der Waals surface area contributed by atoms with Crippen LogP contribution in [0.25, 0.3) is 0 Å². The van der Waals surface area contributed by atoms with E-state index in [0.717, 1.165) is 19.4 Å². The van der Waals surface area contributed by atoms with E-state index in [2.05, 4.69) is 26.1 Å². The van der Waals surface area contributed by atoms with Crippen LogP contribution in [0.15, 0.2) is 0 Å². The van der Waals surface area contributed by atoms with Gasteiger partial charge in [-0.2, -0.15) is 0 Å². The lowest BCUT2D eigenvalue weighted by Crippen LogP contribution is -2.32. The number of carbonyl (C=O) groups is 2. The molecule has 5 heteroatoms. The van der Waals surface area contributed by atoms with Gasteiger partial charge in [-0.05, 0) is 18.3 Å². The molecule has 1 amide bonds. The minimum Gasteiger partial charge on any atom is -0.379 e. The predicted molar refractivity (Wildman–Crippen MR) is 92.4 cm³/mol. The first kappa shape index (κ1) is 22.1. The summed E-state index contributed by atoms with van der Waals surface area (Å²) in [5, 5.41) is 2.69. The van der Waals surface area contributed by atoms with Crippen molar-refractivity contribution in [2.24, 2.45) is 10.8 Å². The number of ether oxygens (including phenoxy) is 2. The molecular formula is C18H35NO4. The predicted octanol–water partition coefficient (Wildman–Crippen LogP) is 2.97. The molecule has 0 aromatic rings. The zero-order chi connectivity index (χ0) is 17.9. The second-order valence-corrected chi connectivity index (χ2v) is 8.09. The van der Waals surface area contributed by atoms with Crippen molar-refractivity contribution in [3.8, 4) is 0 Å². The molecule has 0 spiro atoms. The summed E-state index contributed by atoms with van der Waals surface area (Å²) >= 11 is 0. The van der Waals surface area contributed by atoms with Crippen LogP contribution in [0.5, 0.6) is 0 Å². The molecule has 0 rings (SSSR count). The normalized spacial score (nSPS) is 12.3. The van der Waals surface area contributed by atoms with Crippen LogP contribution in [-0.2, 0) is 19.1 Å². The molecular weight excluding hydrogens is 294 g/mol. The van der Waals surface area contributed by atoms with Crippen molar-refractivity contribution in [2.75, 3.05) is 33.0 Å². The van der Waals surface area contributed by atoms with Crippen LogP contribution in [0.4, 0.5) is 0 Å². The highest BCUT2D eigenvalue weighted by atomic mass is 16.5. The van der Waals surface area contributed by atoms with Gasteiger partial charge in [-0.1, -0.05) is 41.5 Å². The average molecular weight is 329 g/mol. The maximum absolute atomic E-state index is 11.7. The highest BCUT2D eigenvalue weighted by Crippen LogP contribution is 2.20. The minimum atomic E-state index is -0.474. The van der Waals surface area contributed by atoms with Crippen LogP contribution in [0.1, 0.15) is 60.8 Å². The van der Waals surface area contributed by atoms with Gasteiger partial charge in [-0.25, -0.2) is 0 Å². The Bertz CT molecular complexity index is 353. The van der Waals surface area contributed by atoms with Gasteiger partial charge < -0.3 is 14.8 Å². The third-order valence-electron chi connectivity index (χ3n) is 3.31. The Morgan fingerprint density at radius 2 is 1.43 bits per heavy atom. The van der Waals surface area contributed by atoms with E-state index in [1.807, 2.05) is 20.8 Å². The van der Waals surface area contributed by atoms with Crippen LogP contribution < -0.4 is 5.32 Å². The van der Waals surface area contributed by atoms with Crippen molar-refractivity contribution >= 4 is 11.7 Å². The number of amides is 1. The molecule has 1 N–H and O–H groups in total. The van der Waals surface area contributed by atoms with E-state index >= 15 is 0 Å². The summed E-state index contributed by atoms with van der Waals surface area (Å²) in [7, 11) is 0. The maximum Gasteiger partial charge on any atom is 0.227 e. The molecule has 0 saturated heterocycles. The summed E-state index contributed by atoms with van der Waals surface area (Å²) in [5.74, 6) is -0.300. The fraction of sp³-hybridized carbons (Fsp3) is 0.889. The molecule has 0 aliphatic carbocycles. The van der Waals surface area contributed by atoms with Gasteiger partial charge in [0.1, 0.15) is 5.78 Å². The third kappa shape index (κ3) is 14.4. The molecule has 0 saturated carbocycles. The van der Waals surface area contributed by atoms with Gasteiger partial charge >= 0.3 is 0 Å². The highest BCUT2D eigenvalue weighted by molar-refractivity contribution is 6.00. The summed E-state index contributed by atoms with van der Waals surface area (Å²) in [6.45, 7) is 14.8. The first-order valence-corrected chi connectivity index (χ1v) is 8.48. The molecule has 0 heterocycles. The van der Waals surface area contributed by atoms with Gasteiger partial charge in [-0.3, -0.25) is 9.59 Å². The molecule has 0 radical (unpaired) electrons. The number of hydrogen-bond donors (Lipinski definition) is 1. The van der Waals surface area contributed by atoms with Crippen molar-refractivity contribution in [3.05, 3.63) is 0 Å². The summed E-state index contributed by atoms with van der Waals surface area (Å²) in [6.07, 6.45) is 2.13. The molecule has 0 unspecified atom stereocenters. The molecule has 0 aromatic heterocycles. The Hall–Kier alpha value is -0.940. The van der Waals surface area contributed by atoms with Crippen molar-refractivity contribution in [2.45, 2.75) is 60.8 Å². The van der Waals surface area contributed by atoms with Gasteiger partial charge in [-0.15, -0.1) is 0 Å². The Balaban J connectivity index is 3.43. The lowest BCUT2D eigenvalue weighted by molar-refractivity contribution is -0.132. The monoisotopic (exact) mass is 329 g/mol. The number of ketones is 1. The van der Waals surface area contributed by atoms with Crippen LogP contribution >= 0.6 is 0 Å². The second-order valence-electron chi connectivity index (χ2n) is 8.09. The summed E-state index contributed by atoms with van der Waals surface area (Å²) in [6, 6.07) is 0. The molecule has 0 aromatic carbocycles. The number of hydrogen-bond acceptors (Lipinski definition) is 4. The average Bonchev–Trinajstić information content (AvgIpc) is 2.38. The van der Waals surface area contributed by atoms with Crippen molar-refractivity contribution in [1.29, 1.82) is 0 Å². The van der Waals surface area contributed by atoms with E-state index in [4.69, 9.17) is 9.47 Å². The summed E-state index contributed by atoms with van der Waals surface area (Å²) in [5.41, 5.74) is -0.120. The van der Waals surface area contributed by atoms with Gasteiger partial charge in [0, 0.05) is 18.6 Å². The lowest BCUT2D eigenvalue weighted by atomic mass is 9.89. The minimum absolute atomic E-state index is 0.0559. The zero-order valence-corrected chi connectivity index (χ0v) is 15.8. The van der Waals surface area contributed by atoms with Crippen LogP contribution in [0, 0.1) is 10.8 Å². The quantitative estimate of drug-likeness (QED) is 0.467. The molecule has 0 bridgehead atoms. The molecule has 23 heavy (non-hydrogen) atoms. The molecule has 0 fully saturated rings. The van der Waals surface area contributed by atoms with E-state index in [1.54, 1.807) is 0 Å². The SMILES string of the molecule is CC(C)(C)CCCOCCOCCNC(=O)CC(=O)C(C)(C)C. The van der Waals surface area contributed by atoms with Crippen LogP contribution in [0.3, 0.4) is 0 Å². The van der Waals surface area contributed by atoms with Gasteiger partial charge in [0.2, 0.25) is 5.91 Å². The van der Waals surface area contributed by atoms with Crippen molar-refractivity contribution in [1.82, 2.24) is 5.32 Å². The lowest BCUT2D eigenvalue weighted by Gasteiger charge is -2.17. The van der Waals surface area contributed by atoms with E-state index in [9.17, 15) is 9.59 Å². The fourth-order valence-corrected chi connectivity index (χ4v) is 1.76. The van der Waals surface area contributed by atoms with E-state index in [-0.39, 0.29) is 18.1 Å². The Labute approximate surface area is 141 Å². The highest BCUT2D eigenvalue weighted by Gasteiger charge is 2.23. The van der Waals surface area contributed by atoms with E-state index in [0.29, 0.717) is 31.8 Å². The number of nitrogens with one attached hydrogen (secondary N) is 1. The Morgan fingerprint density at radius 1 is 0.870 bits per heavy atom. The van der Waals surface area contributed by atoms with Gasteiger partial charge in [0.05, 0.1) is 26.2 Å². The first-order valence-electron chi connectivity index (χ1n) is 8.48. The Morgan fingerprint density at radius 3 is 1.96 bits per heavy atom. The standard InChI is InChI=1S/C18H35NO4/c1-17(2,3)8-7-10-22-12-13-23-11-9-19-16(21)14-15(20)18(4,5)6/h7-14H2,1-6H3,(H,19,21). The third-order valence-corrected chi connectivity index (χ3v) is 3.31. The smallest absolute Gasteiger partial charge is 0.227 e. The van der Waals surface area contributed by atoms with E-state index in [1.165, 1.54) is 0 Å². The maximum atomic E-state index is 11.7. The summed E-state index contributed by atoms with van der Waals surface area (Å²) < 4.78 is 10.9. The number of rotatable bonds is 11. The van der Waals surface area contributed by atoms with Crippen molar-refractivity contribution < 1.29 is 19.1 Å². The van der Waals surface area contributed by atoms with Gasteiger partial charge in [0.25, 0.3) is 0 Å². The molecule has 0 atom stereocenters.